The lowest BCUT2D eigenvalue weighted by Gasteiger charge is -2.10. The van der Waals surface area contributed by atoms with Gasteiger partial charge in [0.05, 0.1) is 10.4 Å². The Labute approximate surface area is 158 Å². The van der Waals surface area contributed by atoms with Gasteiger partial charge in [-0.15, -0.1) is 0 Å². The fraction of sp³-hybridized carbons (Fsp3) is 0.438. The Bertz CT molecular complexity index is 749. The van der Waals surface area contributed by atoms with E-state index in [1.807, 2.05) is 0 Å². The number of allylic oxidation sites excluding steroid dienone is 2. The third-order valence-corrected chi connectivity index (χ3v) is 5.52. The van der Waals surface area contributed by atoms with Gasteiger partial charge in [-0.3, -0.25) is 4.79 Å². The van der Waals surface area contributed by atoms with E-state index in [2.05, 4.69) is 15.9 Å². The van der Waals surface area contributed by atoms with Crippen LogP contribution in [0.3, 0.4) is 0 Å². The van der Waals surface area contributed by atoms with Gasteiger partial charge in [0, 0.05) is 11.6 Å². The average molecular weight is 466 g/mol. The minimum absolute atomic E-state index is 0.328. The predicted octanol–water partition coefficient (Wildman–Crippen LogP) is 5.87. The van der Waals surface area contributed by atoms with E-state index in [1.165, 1.54) is 0 Å². The Morgan fingerprint density at radius 2 is 1.88 bits per heavy atom. The second-order valence-electron chi connectivity index (χ2n) is 6.39. The van der Waals surface area contributed by atoms with Crippen LogP contribution in [0.4, 0.5) is 26.3 Å². The molecule has 2 rings (SSSR count). The van der Waals surface area contributed by atoms with Gasteiger partial charge in [0.25, 0.3) is 0 Å². The first-order valence-electron chi connectivity index (χ1n) is 7.21. The van der Waals surface area contributed by atoms with Crippen LogP contribution in [0.25, 0.3) is 0 Å². The molecule has 0 amide bonds. The minimum Gasteiger partial charge on any atom is -0.460 e. The SMILES string of the molecule is CC1(C)[C@H](/C=C(\Cl)C(F)(F)F)[C@@H]1C(=O)OCc1c(F)c(F)cc(F)c1Br. The molecule has 2 nitrogen and oxygen atoms in total. The van der Waals surface area contributed by atoms with Crippen LogP contribution < -0.4 is 0 Å². The number of esters is 1. The largest absolute Gasteiger partial charge is 0.460 e. The van der Waals surface area contributed by atoms with E-state index in [-0.39, 0.29) is 0 Å². The van der Waals surface area contributed by atoms with E-state index >= 15 is 0 Å². The molecule has 0 aliphatic heterocycles. The molecule has 1 saturated carbocycles. The molecule has 26 heavy (non-hydrogen) atoms. The van der Waals surface area contributed by atoms with E-state index in [4.69, 9.17) is 16.3 Å². The quantitative estimate of drug-likeness (QED) is 0.316. The second kappa shape index (κ2) is 7.07. The van der Waals surface area contributed by atoms with Crippen molar-refractivity contribution >= 4 is 33.5 Å². The molecule has 0 radical (unpaired) electrons. The van der Waals surface area contributed by atoms with Crippen LogP contribution in [0.1, 0.15) is 19.4 Å². The molecule has 1 aliphatic rings. The summed E-state index contributed by atoms with van der Waals surface area (Å²) in [6, 6.07) is 0.328. The summed E-state index contributed by atoms with van der Waals surface area (Å²) in [6.07, 6.45) is -4.01. The van der Waals surface area contributed by atoms with E-state index in [0.29, 0.717) is 6.07 Å². The topological polar surface area (TPSA) is 26.3 Å². The molecule has 144 valence electrons. The zero-order valence-electron chi connectivity index (χ0n) is 13.4. The summed E-state index contributed by atoms with van der Waals surface area (Å²) in [5, 5.41) is -1.35. The summed E-state index contributed by atoms with van der Waals surface area (Å²) in [5.41, 5.74) is -1.40. The van der Waals surface area contributed by atoms with E-state index in [0.717, 1.165) is 6.08 Å². The van der Waals surface area contributed by atoms with Crippen LogP contribution >= 0.6 is 27.5 Å². The van der Waals surface area contributed by atoms with Gasteiger partial charge in [0.15, 0.2) is 11.6 Å². The lowest BCUT2D eigenvalue weighted by atomic mass is 10.1. The van der Waals surface area contributed by atoms with Crippen molar-refractivity contribution in [3.63, 3.8) is 0 Å². The van der Waals surface area contributed by atoms with Crippen LogP contribution in [-0.2, 0) is 16.1 Å². The molecule has 1 fully saturated rings. The van der Waals surface area contributed by atoms with Crippen LogP contribution in [0, 0.1) is 34.7 Å². The molecule has 2 atom stereocenters. The maximum absolute atomic E-state index is 13.7. The van der Waals surface area contributed by atoms with Crippen LogP contribution in [0.5, 0.6) is 0 Å². The van der Waals surface area contributed by atoms with Crippen molar-refractivity contribution < 1.29 is 35.9 Å². The first-order valence-corrected chi connectivity index (χ1v) is 8.38. The standard InChI is InChI=1S/C16H12BrClF6O2/c1-15(2)7(3-10(18)16(22,23)24)11(15)14(25)26-5-6-12(17)8(19)4-9(20)13(6)21/h3-4,7,11H,5H2,1-2H3/b10-3-/t7-,11-/m1/s1. The summed E-state index contributed by atoms with van der Waals surface area (Å²) in [4.78, 5) is 12.1. The van der Waals surface area contributed by atoms with Gasteiger partial charge in [-0.25, -0.2) is 13.2 Å². The first-order chi connectivity index (χ1) is 11.8. The molecule has 1 aromatic rings. The highest BCUT2D eigenvalue weighted by molar-refractivity contribution is 9.10. The molecule has 0 spiro atoms. The number of carbonyl (C=O) groups is 1. The summed E-state index contributed by atoms with van der Waals surface area (Å²) < 4.78 is 82.4. The number of hydrogen-bond acceptors (Lipinski definition) is 2. The Kier molecular flexibility index (Phi) is 5.73. The summed E-state index contributed by atoms with van der Waals surface area (Å²) in [6.45, 7) is 2.30. The third-order valence-electron chi connectivity index (χ3n) is 4.32. The molecule has 0 unspecified atom stereocenters. The molecular formula is C16H12BrClF6O2. The van der Waals surface area contributed by atoms with Crippen molar-refractivity contribution in [2.45, 2.75) is 26.6 Å². The Hall–Kier alpha value is -1.22. The third kappa shape index (κ3) is 4.03. The summed E-state index contributed by atoms with van der Waals surface area (Å²) in [5.74, 6) is -6.63. The predicted molar refractivity (Wildman–Crippen MR) is 84.6 cm³/mol. The fourth-order valence-corrected chi connectivity index (χ4v) is 3.21. The van der Waals surface area contributed by atoms with Gasteiger partial charge in [-0.2, -0.15) is 13.2 Å². The second-order valence-corrected chi connectivity index (χ2v) is 7.59. The van der Waals surface area contributed by atoms with Crippen LogP contribution in [0.2, 0.25) is 0 Å². The number of halogens is 8. The van der Waals surface area contributed by atoms with Crippen LogP contribution in [-0.4, -0.2) is 12.1 Å². The van der Waals surface area contributed by atoms with Crippen molar-refractivity contribution in [1.29, 1.82) is 0 Å². The molecule has 0 N–H and O–H groups in total. The highest BCUT2D eigenvalue weighted by atomic mass is 79.9. The molecule has 0 heterocycles. The van der Waals surface area contributed by atoms with Gasteiger partial charge in [0.2, 0.25) is 0 Å². The average Bonchev–Trinajstić information content (AvgIpc) is 3.04. The number of rotatable bonds is 4. The zero-order chi connectivity index (χ0) is 20.0. The van der Waals surface area contributed by atoms with Crippen molar-refractivity contribution in [1.82, 2.24) is 0 Å². The van der Waals surface area contributed by atoms with Crippen molar-refractivity contribution in [3.05, 3.63) is 44.7 Å². The lowest BCUT2D eigenvalue weighted by molar-refractivity contribution is -0.147. The number of carbonyl (C=O) groups excluding carboxylic acids is 1. The first kappa shape index (κ1) is 21.1. The smallest absolute Gasteiger partial charge is 0.426 e. The van der Waals surface area contributed by atoms with Gasteiger partial charge in [-0.05, 0) is 27.3 Å². The Morgan fingerprint density at radius 3 is 2.42 bits per heavy atom. The van der Waals surface area contributed by atoms with Gasteiger partial charge >= 0.3 is 12.1 Å². The molecule has 0 saturated heterocycles. The van der Waals surface area contributed by atoms with Gasteiger partial charge in [0.1, 0.15) is 17.5 Å². The maximum atomic E-state index is 13.7. The molecule has 10 heteroatoms. The van der Waals surface area contributed by atoms with E-state index < -0.39 is 68.5 Å². The molecule has 1 aliphatic carbocycles. The van der Waals surface area contributed by atoms with Crippen LogP contribution in [0.15, 0.2) is 21.6 Å². The fourth-order valence-electron chi connectivity index (χ4n) is 2.67. The van der Waals surface area contributed by atoms with Crippen molar-refractivity contribution in [3.8, 4) is 0 Å². The number of hydrogen-bond donors (Lipinski definition) is 0. The monoisotopic (exact) mass is 464 g/mol. The van der Waals surface area contributed by atoms with E-state index in [1.54, 1.807) is 13.8 Å². The highest BCUT2D eigenvalue weighted by Crippen LogP contribution is 2.60. The van der Waals surface area contributed by atoms with E-state index in [9.17, 15) is 31.1 Å². The molecule has 0 aromatic heterocycles. The number of benzene rings is 1. The van der Waals surface area contributed by atoms with Crippen molar-refractivity contribution in [2.75, 3.05) is 0 Å². The van der Waals surface area contributed by atoms with Crippen molar-refractivity contribution in [2.24, 2.45) is 17.3 Å². The summed E-state index contributed by atoms with van der Waals surface area (Å²) >= 11 is 7.92. The minimum atomic E-state index is -4.73. The van der Waals surface area contributed by atoms with Gasteiger partial charge in [-0.1, -0.05) is 31.5 Å². The zero-order valence-corrected chi connectivity index (χ0v) is 15.7. The molecule has 0 bridgehead atoms. The highest BCUT2D eigenvalue weighted by Gasteiger charge is 2.62. The molecule has 1 aromatic carbocycles. The Morgan fingerprint density at radius 1 is 1.31 bits per heavy atom. The molecular weight excluding hydrogens is 454 g/mol. The number of ether oxygens (including phenoxy) is 1. The maximum Gasteiger partial charge on any atom is 0.426 e. The summed E-state index contributed by atoms with van der Waals surface area (Å²) in [7, 11) is 0. The lowest BCUT2D eigenvalue weighted by Crippen LogP contribution is -2.12. The Balaban J connectivity index is 2.13. The number of alkyl halides is 3. The van der Waals surface area contributed by atoms with Gasteiger partial charge < -0.3 is 4.74 Å². The normalized spacial score (nSPS) is 22.3.